The molecule has 0 aromatic carbocycles. The molecule has 0 aromatic rings. The summed E-state index contributed by atoms with van der Waals surface area (Å²) in [6, 6.07) is 2.48. The molecule has 0 aliphatic rings. The van der Waals surface area contributed by atoms with Crippen molar-refractivity contribution >= 4 is 18.1 Å². The smallest absolute Gasteiger partial charge is 0.176 e. The van der Waals surface area contributed by atoms with Crippen LogP contribution in [0.25, 0.3) is 0 Å². The van der Waals surface area contributed by atoms with Gasteiger partial charge in [-0.15, -0.1) is 0 Å². The lowest BCUT2D eigenvalue weighted by atomic mass is 10.5. The van der Waals surface area contributed by atoms with Gasteiger partial charge in [-0.3, -0.25) is 0 Å². The molecule has 2 nitrogen and oxygen atoms in total. The Morgan fingerprint density at radius 1 is 0.800 bits per heavy atom. The molecule has 0 radical (unpaired) electrons. The molecule has 0 fully saturated rings. The maximum Gasteiger partial charge on any atom is 0.176 e. The van der Waals surface area contributed by atoms with Crippen LogP contribution in [0.4, 0.5) is 0 Å². The molecule has 2 unspecified atom stereocenters. The highest BCUT2D eigenvalue weighted by Gasteiger charge is 2.20. The van der Waals surface area contributed by atoms with Crippen LogP contribution in [0.15, 0.2) is 0 Å². The standard InChI is InChI=1S/C11H28O2Si2/c1-7-14(12-10(3)4)9-15(8-2)13-11(5)6/h10-11,14-15H,7-9H2,1-6H3. The summed E-state index contributed by atoms with van der Waals surface area (Å²) in [6.45, 7) is 13.1. The average Bonchev–Trinajstić information content (AvgIpc) is 2.14. The van der Waals surface area contributed by atoms with Gasteiger partial charge in [-0.25, -0.2) is 0 Å². The van der Waals surface area contributed by atoms with Crippen molar-refractivity contribution < 1.29 is 8.85 Å². The van der Waals surface area contributed by atoms with E-state index in [1.54, 1.807) is 0 Å². The molecular formula is C11H28O2Si2. The maximum atomic E-state index is 6.01. The van der Waals surface area contributed by atoms with Crippen molar-refractivity contribution in [3.63, 3.8) is 0 Å². The van der Waals surface area contributed by atoms with Gasteiger partial charge in [0.15, 0.2) is 18.1 Å². The fraction of sp³-hybridized carbons (Fsp3) is 1.00. The van der Waals surface area contributed by atoms with Gasteiger partial charge in [-0.2, -0.15) is 0 Å². The molecule has 4 heteroatoms. The van der Waals surface area contributed by atoms with Crippen LogP contribution in [0.3, 0.4) is 0 Å². The third-order valence-electron chi connectivity index (χ3n) is 2.37. The third kappa shape index (κ3) is 8.19. The van der Waals surface area contributed by atoms with Crippen molar-refractivity contribution in [2.75, 3.05) is 0 Å². The Kier molecular flexibility index (Phi) is 8.70. The molecular weight excluding hydrogens is 220 g/mol. The van der Waals surface area contributed by atoms with Crippen LogP contribution in [0.5, 0.6) is 0 Å². The van der Waals surface area contributed by atoms with E-state index in [0.717, 1.165) is 0 Å². The molecule has 0 rings (SSSR count). The summed E-state index contributed by atoms with van der Waals surface area (Å²) in [5.41, 5.74) is 1.30. The van der Waals surface area contributed by atoms with E-state index in [9.17, 15) is 0 Å². The normalized spacial score (nSPS) is 16.0. The van der Waals surface area contributed by atoms with Crippen LogP contribution in [0.1, 0.15) is 41.5 Å². The predicted octanol–water partition coefficient (Wildman–Crippen LogP) is 2.86. The van der Waals surface area contributed by atoms with Crippen LogP contribution in [0, 0.1) is 0 Å². The van der Waals surface area contributed by atoms with Crippen LogP contribution < -0.4 is 0 Å². The van der Waals surface area contributed by atoms with E-state index >= 15 is 0 Å². The SMILES string of the molecule is CC[SiH](C[SiH](CC)OC(C)C)OC(C)C. The summed E-state index contributed by atoms with van der Waals surface area (Å²) >= 11 is 0. The first-order chi connectivity index (χ1) is 6.99. The van der Waals surface area contributed by atoms with E-state index in [0.29, 0.717) is 12.2 Å². The Bertz CT molecular complexity index is 136. The molecule has 0 bridgehead atoms. The van der Waals surface area contributed by atoms with Gasteiger partial charge in [-0.1, -0.05) is 13.8 Å². The third-order valence-corrected chi connectivity index (χ3v) is 10.3. The molecule has 0 N–H and O–H groups in total. The zero-order valence-corrected chi connectivity index (χ0v) is 13.6. The summed E-state index contributed by atoms with van der Waals surface area (Å²) in [5, 5.41) is 0. The molecule has 92 valence electrons. The monoisotopic (exact) mass is 248 g/mol. The highest BCUT2D eigenvalue weighted by atomic mass is 28.4. The van der Waals surface area contributed by atoms with Crippen LogP contribution in [0.2, 0.25) is 17.8 Å². The highest BCUT2D eigenvalue weighted by Crippen LogP contribution is 2.12. The molecule has 15 heavy (non-hydrogen) atoms. The van der Waals surface area contributed by atoms with E-state index in [2.05, 4.69) is 41.5 Å². The van der Waals surface area contributed by atoms with Crippen molar-refractivity contribution in [2.45, 2.75) is 71.5 Å². The summed E-state index contributed by atoms with van der Waals surface area (Å²) in [5.74, 6) is 0. The number of hydrogen-bond acceptors (Lipinski definition) is 2. The maximum absolute atomic E-state index is 6.01. The van der Waals surface area contributed by atoms with Gasteiger partial charge >= 0.3 is 0 Å². The molecule has 0 amide bonds. The van der Waals surface area contributed by atoms with Crippen LogP contribution >= 0.6 is 0 Å². The van der Waals surface area contributed by atoms with Crippen molar-refractivity contribution in [2.24, 2.45) is 0 Å². The summed E-state index contributed by atoms with van der Waals surface area (Å²) in [4.78, 5) is 0. The van der Waals surface area contributed by atoms with Crippen molar-refractivity contribution in [3.05, 3.63) is 0 Å². The Labute approximate surface area is 98.8 Å². The lowest BCUT2D eigenvalue weighted by Gasteiger charge is -2.23. The lowest BCUT2D eigenvalue weighted by molar-refractivity contribution is 0.232. The second kappa shape index (κ2) is 8.50. The molecule has 0 aliphatic heterocycles. The molecule has 0 spiro atoms. The zero-order chi connectivity index (χ0) is 11.8. The minimum Gasteiger partial charge on any atom is -0.418 e. The van der Waals surface area contributed by atoms with E-state index in [1.165, 1.54) is 17.8 Å². The second-order valence-corrected chi connectivity index (χ2v) is 11.2. The van der Waals surface area contributed by atoms with Gasteiger partial charge in [0.25, 0.3) is 0 Å². The molecule has 2 atom stereocenters. The van der Waals surface area contributed by atoms with E-state index < -0.39 is 18.1 Å². The minimum absolute atomic E-state index is 0.396. The topological polar surface area (TPSA) is 18.5 Å². The highest BCUT2D eigenvalue weighted by molar-refractivity contribution is 6.71. The van der Waals surface area contributed by atoms with Crippen LogP contribution in [-0.2, 0) is 8.85 Å². The first-order valence-electron chi connectivity index (χ1n) is 6.30. The van der Waals surface area contributed by atoms with Gasteiger partial charge < -0.3 is 8.85 Å². The van der Waals surface area contributed by atoms with Gasteiger partial charge in [0, 0.05) is 12.2 Å². The summed E-state index contributed by atoms with van der Waals surface area (Å²) in [7, 11) is -1.94. The van der Waals surface area contributed by atoms with Crippen molar-refractivity contribution in [1.29, 1.82) is 0 Å². The lowest BCUT2D eigenvalue weighted by Crippen LogP contribution is -2.32. The minimum atomic E-state index is -0.968. The molecule has 0 saturated heterocycles. The summed E-state index contributed by atoms with van der Waals surface area (Å²) < 4.78 is 12.0. The molecule has 0 heterocycles. The fourth-order valence-corrected chi connectivity index (χ4v) is 9.53. The molecule has 0 aliphatic carbocycles. The average molecular weight is 249 g/mol. The van der Waals surface area contributed by atoms with E-state index in [-0.39, 0.29) is 0 Å². The van der Waals surface area contributed by atoms with Crippen molar-refractivity contribution in [3.8, 4) is 0 Å². The predicted molar refractivity (Wildman–Crippen MR) is 72.5 cm³/mol. The van der Waals surface area contributed by atoms with Crippen molar-refractivity contribution in [1.82, 2.24) is 0 Å². The largest absolute Gasteiger partial charge is 0.418 e. The molecule has 0 saturated carbocycles. The number of rotatable bonds is 8. The van der Waals surface area contributed by atoms with Gasteiger partial charge in [0.1, 0.15) is 0 Å². The van der Waals surface area contributed by atoms with Gasteiger partial charge in [0.2, 0.25) is 0 Å². The Hall–Kier alpha value is 0.354. The van der Waals surface area contributed by atoms with Gasteiger partial charge in [0.05, 0.1) is 0 Å². The first kappa shape index (κ1) is 15.4. The molecule has 0 aromatic heterocycles. The summed E-state index contributed by atoms with van der Waals surface area (Å²) in [6.07, 6.45) is 0.791. The van der Waals surface area contributed by atoms with E-state index in [1.807, 2.05) is 0 Å². The Morgan fingerprint density at radius 3 is 1.33 bits per heavy atom. The Morgan fingerprint density at radius 2 is 1.13 bits per heavy atom. The fourth-order valence-electron chi connectivity index (χ4n) is 1.70. The zero-order valence-electron chi connectivity index (χ0n) is 11.2. The second-order valence-electron chi connectivity index (χ2n) is 4.67. The van der Waals surface area contributed by atoms with Crippen LogP contribution in [-0.4, -0.2) is 30.3 Å². The first-order valence-corrected chi connectivity index (χ1v) is 10.5. The van der Waals surface area contributed by atoms with Gasteiger partial charge in [-0.05, 0) is 45.5 Å². The quantitative estimate of drug-likeness (QED) is 0.615. The number of hydrogen-bond donors (Lipinski definition) is 0. The Balaban J connectivity index is 3.99. The van der Waals surface area contributed by atoms with E-state index in [4.69, 9.17) is 8.85 Å².